The van der Waals surface area contributed by atoms with Crippen LogP contribution in [0.3, 0.4) is 0 Å². The van der Waals surface area contributed by atoms with E-state index in [4.69, 9.17) is 9.47 Å². The molecule has 5 atom stereocenters. The number of carbonyl (C=O) groups is 2. The van der Waals surface area contributed by atoms with Gasteiger partial charge < -0.3 is 19.1 Å². The molecular weight excluding hydrogens is 370 g/mol. The van der Waals surface area contributed by atoms with Crippen molar-refractivity contribution in [1.29, 1.82) is 0 Å². The molecule has 1 saturated carbocycles. The number of hydrogen-bond acceptors (Lipinski definition) is 5. The van der Waals surface area contributed by atoms with Gasteiger partial charge in [-0.1, -0.05) is 6.07 Å². The predicted octanol–water partition coefficient (Wildman–Crippen LogP) is 1.67. The van der Waals surface area contributed by atoms with Gasteiger partial charge in [0, 0.05) is 31.2 Å². The molecule has 6 heteroatoms. The quantitative estimate of drug-likeness (QED) is 0.478. The molecule has 1 aromatic carbocycles. The van der Waals surface area contributed by atoms with Crippen LogP contribution in [0, 0.1) is 5.92 Å². The van der Waals surface area contributed by atoms with Crippen LogP contribution in [0.2, 0.25) is 0 Å². The van der Waals surface area contributed by atoms with Crippen molar-refractivity contribution in [1.82, 2.24) is 0 Å². The minimum absolute atomic E-state index is 0.0228. The van der Waals surface area contributed by atoms with Gasteiger partial charge in [-0.25, -0.2) is 0 Å². The summed E-state index contributed by atoms with van der Waals surface area (Å²) in [6, 6.07) is 3.74. The Hall–Kier alpha value is -2.18. The Morgan fingerprint density at radius 3 is 2.90 bits per heavy atom. The molecule has 0 amide bonds. The summed E-state index contributed by atoms with van der Waals surface area (Å²) in [5.74, 6) is 1.00. The maximum Gasteiger partial charge on any atom is 0.308 e. The van der Waals surface area contributed by atoms with Crippen molar-refractivity contribution in [2.45, 2.75) is 55.8 Å². The highest BCUT2D eigenvalue weighted by atomic mass is 16.6. The standard InChI is InChI=1S/C23H26NO5/c1-13(25)28-17-6-5-15-11-18-23(27)8-7-16(26)21-22(23,19(15)20(17)29-21)9-10-24(18,2)12-14-3-4-14/h5-8,14,18,21,27H,3-4,9-12H2,1-2H3/q+1/t18?,21-,22-,23?,24+/m0/s1. The van der Waals surface area contributed by atoms with E-state index >= 15 is 0 Å². The molecule has 1 aromatic rings. The van der Waals surface area contributed by atoms with Gasteiger partial charge >= 0.3 is 5.97 Å². The summed E-state index contributed by atoms with van der Waals surface area (Å²) in [7, 11) is 2.27. The molecule has 2 bridgehead atoms. The van der Waals surface area contributed by atoms with Gasteiger partial charge in [0.25, 0.3) is 0 Å². The van der Waals surface area contributed by atoms with Crippen molar-refractivity contribution < 1.29 is 28.7 Å². The van der Waals surface area contributed by atoms with Crippen LogP contribution in [0.15, 0.2) is 24.3 Å². The normalized spacial score (nSPS) is 41.0. The number of quaternary nitrogens is 1. The van der Waals surface area contributed by atoms with Crippen molar-refractivity contribution >= 4 is 11.8 Å². The van der Waals surface area contributed by atoms with Crippen LogP contribution in [-0.4, -0.2) is 59.2 Å². The van der Waals surface area contributed by atoms with Gasteiger partial charge in [0.1, 0.15) is 11.6 Å². The Morgan fingerprint density at radius 2 is 2.17 bits per heavy atom. The lowest BCUT2D eigenvalue weighted by atomic mass is 9.50. The highest BCUT2D eigenvalue weighted by molar-refractivity contribution is 5.99. The van der Waals surface area contributed by atoms with E-state index < -0.39 is 23.1 Å². The number of ketones is 1. The first kappa shape index (κ1) is 17.7. The van der Waals surface area contributed by atoms with Crippen LogP contribution in [0.4, 0.5) is 0 Å². The van der Waals surface area contributed by atoms with E-state index in [0.717, 1.165) is 41.0 Å². The van der Waals surface area contributed by atoms with Gasteiger partial charge in [0.05, 0.1) is 25.6 Å². The van der Waals surface area contributed by atoms with Crippen LogP contribution >= 0.6 is 0 Å². The van der Waals surface area contributed by atoms with Gasteiger partial charge in [-0.3, -0.25) is 9.59 Å². The number of ether oxygens (including phenoxy) is 2. The topological polar surface area (TPSA) is 72.8 Å². The van der Waals surface area contributed by atoms with E-state index in [1.807, 2.05) is 6.07 Å². The Kier molecular flexibility index (Phi) is 3.22. The van der Waals surface area contributed by atoms with E-state index in [1.165, 1.54) is 25.8 Å². The summed E-state index contributed by atoms with van der Waals surface area (Å²) in [6.45, 7) is 3.33. The number of esters is 1. The SMILES string of the molecule is CC(=O)Oc1ccc2c3c1O[C@H]1C(=O)C=CC4(O)C(C2)[N@@+](C)(CC2CC2)CC[C@]314. The molecule has 1 N–H and O–H groups in total. The van der Waals surface area contributed by atoms with Crippen molar-refractivity contribution in [2.75, 3.05) is 20.1 Å². The zero-order valence-corrected chi connectivity index (χ0v) is 16.8. The second-order valence-electron chi connectivity index (χ2n) is 9.85. The van der Waals surface area contributed by atoms with Crippen LogP contribution in [0.5, 0.6) is 11.5 Å². The van der Waals surface area contributed by atoms with Gasteiger partial charge in [-0.15, -0.1) is 0 Å². The molecule has 2 aliphatic heterocycles. The van der Waals surface area contributed by atoms with E-state index in [2.05, 4.69) is 7.05 Å². The number of aliphatic hydroxyl groups is 1. The van der Waals surface area contributed by atoms with Crippen molar-refractivity contribution in [3.05, 3.63) is 35.4 Å². The number of benzene rings is 1. The highest BCUT2D eigenvalue weighted by Crippen LogP contribution is 2.64. The summed E-state index contributed by atoms with van der Waals surface area (Å²) in [4.78, 5) is 24.5. The molecule has 0 aromatic heterocycles. The molecule has 1 saturated heterocycles. The molecule has 1 spiro atoms. The fraction of sp³-hybridized carbons (Fsp3) is 0.565. The fourth-order valence-electron chi connectivity index (χ4n) is 6.74. The molecule has 152 valence electrons. The number of likely N-dealkylation sites (N-methyl/N-ethyl adjacent to an activating group) is 1. The average molecular weight is 396 g/mol. The highest BCUT2D eigenvalue weighted by Gasteiger charge is 2.75. The molecule has 2 fully saturated rings. The van der Waals surface area contributed by atoms with Crippen LogP contribution < -0.4 is 9.47 Å². The third kappa shape index (κ3) is 2.04. The summed E-state index contributed by atoms with van der Waals surface area (Å²) in [5.41, 5.74) is 0.0381. The van der Waals surface area contributed by atoms with Gasteiger partial charge in [-0.2, -0.15) is 0 Å². The maximum absolute atomic E-state index is 12.9. The fourth-order valence-corrected chi connectivity index (χ4v) is 6.74. The maximum atomic E-state index is 12.9. The van der Waals surface area contributed by atoms with Crippen LogP contribution in [-0.2, 0) is 21.4 Å². The minimum atomic E-state index is -1.15. The summed E-state index contributed by atoms with van der Waals surface area (Å²) in [5, 5.41) is 12.2. The third-order valence-corrected chi connectivity index (χ3v) is 8.13. The monoisotopic (exact) mass is 396 g/mol. The first-order valence-electron chi connectivity index (χ1n) is 10.6. The molecule has 29 heavy (non-hydrogen) atoms. The van der Waals surface area contributed by atoms with Gasteiger partial charge in [-0.05, 0) is 36.6 Å². The Labute approximate surface area is 169 Å². The lowest BCUT2D eigenvalue weighted by molar-refractivity contribution is -0.949. The molecular formula is C23H26NO5+. The number of hydrogen-bond donors (Lipinski definition) is 1. The Bertz CT molecular complexity index is 997. The lowest BCUT2D eigenvalue weighted by Crippen LogP contribution is -2.79. The molecule has 0 radical (unpaired) electrons. The van der Waals surface area contributed by atoms with Gasteiger partial charge in [0.2, 0.25) is 0 Å². The van der Waals surface area contributed by atoms with E-state index in [-0.39, 0.29) is 11.8 Å². The van der Waals surface area contributed by atoms with Gasteiger partial charge in [0.15, 0.2) is 23.4 Å². The smallest absolute Gasteiger partial charge is 0.308 e. The predicted molar refractivity (Wildman–Crippen MR) is 104 cm³/mol. The van der Waals surface area contributed by atoms with E-state index in [1.54, 1.807) is 12.1 Å². The largest absolute Gasteiger partial charge is 0.477 e. The number of carbonyl (C=O) groups excluding carboxylic acids is 2. The molecule has 6 rings (SSSR count). The second kappa shape index (κ2) is 5.29. The zero-order chi connectivity index (χ0) is 20.2. The average Bonchev–Trinajstić information content (AvgIpc) is 3.38. The van der Waals surface area contributed by atoms with E-state index in [0.29, 0.717) is 17.9 Å². The first-order chi connectivity index (χ1) is 13.8. The first-order valence-corrected chi connectivity index (χ1v) is 10.6. The van der Waals surface area contributed by atoms with Crippen LogP contribution in [0.25, 0.3) is 0 Å². The summed E-state index contributed by atoms with van der Waals surface area (Å²) in [6.07, 6.45) is 6.43. The Morgan fingerprint density at radius 1 is 1.38 bits per heavy atom. The Balaban J connectivity index is 1.58. The van der Waals surface area contributed by atoms with Crippen molar-refractivity contribution in [3.8, 4) is 11.5 Å². The summed E-state index contributed by atoms with van der Waals surface area (Å²) >= 11 is 0. The minimum Gasteiger partial charge on any atom is -0.477 e. The molecule has 2 unspecified atom stereocenters. The molecule has 6 nitrogen and oxygen atoms in total. The summed E-state index contributed by atoms with van der Waals surface area (Å²) < 4.78 is 12.4. The van der Waals surface area contributed by atoms with Crippen molar-refractivity contribution in [2.24, 2.45) is 5.92 Å². The molecule has 5 aliphatic rings. The lowest BCUT2D eigenvalue weighted by Gasteiger charge is -2.62. The molecule has 2 heterocycles. The number of likely N-dealkylation sites (tertiary alicyclic amines) is 1. The second-order valence-corrected chi connectivity index (χ2v) is 9.85. The number of nitrogens with zero attached hydrogens (tertiary/aromatic N) is 1. The van der Waals surface area contributed by atoms with E-state index in [9.17, 15) is 14.7 Å². The van der Waals surface area contributed by atoms with Crippen molar-refractivity contribution in [3.63, 3.8) is 0 Å². The molecule has 3 aliphatic carbocycles. The zero-order valence-electron chi connectivity index (χ0n) is 16.8. The number of rotatable bonds is 3. The van der Waals surface area contributed by atoms with Crippen LogP contribution in [0.1, 0.15) is 37.3 Å². The number of piperidine rings is 1. The third-order valence-electron chi connectivity index (χ3n) is 8.13.